The van der Waals surface area contributed by atoms with Crippen LogP contribution in [0.5, 0.6) is 0 Å². The summed E-state index contributed by atoms with van der Waals surface area (Å²) >= 11 is 6.10. The van der Waals surface area contributed by atoms with Crippen LogP contribution in [0.25, 0.3) is 0 Å². The number of piperazine rings is 1. The Morgan fingerprint density at radius 1 is 1.17 bits per heavy atom. The van der Waals surface area contributed by atoms with Crippen molar-refractivity contribution in [2.75, 3.05) is 37.6 Å². The molecule has 5 heteroatoms. The SMILES string of the molecule is CC(C(=O)N1CCCCC1C)N1CCN(c2cccc(Cl)c2)CC1. The minimum atomic E-state index is -0.0212. The lowest BCUT2D eigenvalue weighted by Gasteiger charge is -2.42. The van der Waals surface area contributed by atoms with Crippen LogP contribution in [-0.4, -0.2) is 60.5 Å². The lowest BCUT2D eigenvalue weighted by molar-refractivity contribution is -0.139. The van der Waals surface area contributed by atoms with Gasteiger partial charge in [0.25, 0.3) is 0 Å². The average Bonchev–Trinajstić information content (AvgIpc) is 2.61. The molecular formula is C19H28ClN3O. The van der Waals surface area contributed by atoms with E-state index in [0.29, 0.717) is 11.9 Å². The number of rotatable bonds is 3. The molecule has 0 N–H and O–H groups in total. The van der Waals surface area contributed by atoms with Gasteiger partial charge in [-0.05, 0) is 51.3 Å². The van der Waals surface area contributed by atoms with Gasteiger partial charge in [0.15, 0.2) is 0 Å². The van der Waals surface area contributed by atoms with E-state index in [1.54, 1.807) is 0 Å². The lowest BCUT2D eigenvalue weighted by atomic mass is 10.0. The van der Waals surface area contributed by atoms with Gasteiger partial charge in [-0.2, -0.15) is 0 Å². The second kappa shape index (κ2) is 7.75. The van der Waals surface area contributed by atoms with E-state index < -0.39 is 0 Å². The molecule has 2 aliphatic heterocycles. The highest BCUT2D eigenvalue weighted by Gasteiger charge is 2.31. The van der Waals surface area contributed by atoms with Crippen LogP contribution >= 0.6 is 11.6 Å². The number of piperidine rings is 1. The van der Waals surface area contributed by atoms with Crippen LogP contribution in [0.3, 0.4) is 0 Å². The van der Waals surface area contributed by atoms with Crippen molar-refractivity contribution in [2.24, 2.45) is 0 Å². The van der Waals surface area contributed by atoms with Crippen molar-refractivity contribution in [2.45, 2.75) is 45.2 Å². The molecule has 3 rings (SSSR count). The van der Waals surface area contributed by atoms with Gasteiger partial charge in [-0.15, -0.1) is 0 Å². The Hall–Kier alpha value is -1.26. The van der Waals surface area contributed by atoms with Crippen molar-refractivity contribution in [3.8, 4) is 0 Å². The van der Waals surface area contributed by atoms with Crippen molar-refractivity contribution in [1.29, 1.82) is 0 Å². The molecule has 4 nitrogen and oxygen atoms in total. The largest absolute Gasteiger partial charge is 0.369 e. The van der Waals surface area contributed by atoms with E-state index in [-0.39, 0.29) is 6.04 Å². The van der Waals surface area contributed by atoms with Crippen molar-refractivity contribution in [3.63, 3.8) is 0 Å². The van der Waals surface area contributed by atoms with Gasteiger partial charge in [0.2, 0.25) is 5.91 Å². The third-order valence-electron chi connectivity index (χ3n) is 5.48. The predicted molar refractivity (Wildman–Crippen MR) is 99.7 cm³/mol. The smallest absolute Gasteiger partial charge is 0.239 e. The normalized spacial score (nSPS) is 24.0. The molecule has 0 radical (unpaired) electrons. The summed E-state index contributed by atoms with van der Waals surface area (Å²) in [5, 5.41) is 0.776. The van der Waals surface area contributed by atoms with Crippen molar-refractivity contribution < 1.29 is 4.79 Å². The van der Waals surface area contributed by atoms with Gasteiger partial charge in [0, 0.05) is 49.5 Å². The van der Waals surface area contributed by atoms with Gasteiger partial charge in [-0.25, -0.2) is 0 Å². The molecule has 2 atom stereocenters. The van der Waals surface area contributed by atoms with Gasteiger partial charge in [0.1, 0.15) is 0 Å². The summed E-state index contributed by atoms with van der Waals surface area (Å²) in [6.07, 6.45) is 3.53. The van der Waals surface area contributed by atoms with E-state index in [1.165, 1.54) is 12.1 Å². The molecule has 0 bridgehead atoms. The first kappa shape index (κ1) is 17.6. The predicted octanol–water partition coefficient (Wildman–Crippen LogP) is 3.25. The topological polar surface area (TPSA) is 26.8 Å². The number of anilines is 1. The molecule has 2 fully saturated rings. The zero-order chi connectivity index (χ0) is 17.1. The summed E-state index contributed by atoms with van der Waals surface area (Å²) in [5.74, 6) is 0.304. The molecule has 2 saturated heterocycles. The van der Waals surface area contributed by atoms with Crippen LogP contribution in [0.15, 0.2) is 24.3 Å². The fraction of sp³-hybridized carbons (Fsp3) is 0.632. The summed E-state index contributed by atoms with van der Waals surface area (Å²) in [6, 6.07) is 8.39. The zero-order valence-electron chi connectivity index (χ0n) is 14.7. The van der Waals surface area contributed by atoms with Gasteiger partial charge in [-0.1, -0.05) is 17.7 Å². The van der Waals surface area contributed by atoms with E-state index in [4.69, 9.17) is 11.6 Å². The number of amides is 1. The summed E-state index contributed by atoms with van der Waals surface area (Å²) in [7, 11) is 0. The molecular weight excluding hydrogens is 322 g/mol. The fourth-order valence-corrected chi connectivity index (χ4v) is 4.05. The molecule has 0 aromatic heterocycles. The Bertz CT molecular complexity index is 571. The first-order valence-electron chi connectivity index (χ1n) is 9.11. The van der Waals surface area contributed by atoms with Crippen LogP contribution in [-0.2, 0) is 4.79 Å². The highest BCUT2D eigenvalue weighted by molar-refractivity contribution is 6.30. The Balaban J connectivity index is 1.56. The van der Waals surface area contributed by atoms with Crippen molar-refractivity contribution in [3.05, 3.63) is 29.3 Å². The standard InChI is InChI=1S/C19H28ClN3O/c1-15-6-3-4-9-23(15)19(24)16(2)21-10-12-22(13-11-21)18-8-5-7-17(20)14-18/h5,7-8,14-16H,3-4,6,9-13H2,1-2H3. The maximum Gasteiger partial charge on any atom is 0.239 e. The molecule has 0 aliphatic carbocycles. The minimum Gasteiger partial charge on any atom is -0.369 e. The highest BCUT2D eigenvalue weighted by Crippen LogP contribution is 2.23. The van der Waals surface area contributed by atoms with Crippen LogP contribution in [0, 0.1) is 0 Å². The average molecular weight is 350 g/mol. The lowest BCUT2D eigenvalue weighted by Crippen LogP contribution is -2.56. The third kappa shape index (κ3) is 3.86. The molecule has 2 aliphatic rings. The Labute approximate surface area is 150 Å². The van der Waals surface area contributed by atoms with E-state index in [0.717, 1.165) is 50.6 Å². The monoisotopic (exact) mass is 349 g/mol. The van der Waals surface area contributed by atoms with Gasteiger partial charge in [0.05, 0.1) is 6.04 Å². The third-order valence-corrected chi connectivity index (χ3v) is 5.71. The fourth-order valence-electron chi connectivity index (χ4n) is 3.86. The number of carbonyl (C=O) groups excluding carboxylic acids is 1. The maximum absolute atomic E-state index is 12.9. The minimum absolute atomic E-state index is 0.0212. The number of benzene rings is 1. The summed E-state index contributed by atoms with van der Waals surface area (Å²) in [4.78, 5) is 19.6. The maximum atomic E-state index is 12.9. The van der Waals surface area contributed by atoms with Crippen LogP contribution < -0.4 is 4.90 Å². The zero-order valence-corrected chi connectivity index (χ0v) is 15.5. The van der Waals surface area contributed by atoms with Crippen LogP contribution in [0.2, 0.25) is 5.02 Å². The molecule has 0 saturated carbocycles. The molecule has 2 heterocycles. The molecule has 1 aromatic rings. The Morgan fingerprint density at radius 2 is 1.92 bits per heavy atom. The van der Waals surface area contributed by atoms with Crippen LogP contribution in [0.1, 0.15) is 33.1 Å². The number of hydrogen-bond donors (Lipinski definition) is 0. The molecule has 2 unspecified atom stereocenters. The first-order valence-corrected chi connectivity index (χ1v) is 9.49. The molecule has 1 amide bonds. The number of hydrogen-bond acceptors (Lipinski definition) is 3. The molecule has 24 heavy (non-hydrogen) atoms. The Kier molecular flexibility index (Phi) is 5.67. The van der Waals surface area contributed by atoms with Gasteiger partial charge < -0.3 is 9.80 Å². The van der Waals surface area contributed by atoms with Gasteiger partial charge in [-0.3, -0.25) is 9.69 Å². The Morgan fingerprint density at radius 3 is 2.58 bits per heavy atom. The molecule has 1 aromatic carbocycles. The first-order chi connectivity index (χ1) is 11.6. The highest BCUT2D eigenvalue weighted by atomic mass is 35.5. The second-order valence-corrected chi connectivity index (χ2v) is 7.49. The van der Waals surface area contributed by atoms with Crippen molar-refractivity contribution >= 4 is 23.2 Å². The van der Waals surface area contributed by atoms with E-state index in [2.05, 4.69) is 34.6 Å². The van der Waals surface area contributed by atoms with E-state index in [9.17, 15) is 4.79 Å². The molecule has 0 spiro atoms. The number of carbonyl (C=O) groups is 1. The summed E-state index contributed by atoms with van der Waals surface area (Å²) in [5.41, 5.74) is 1.17. The number of likely N-dealkylation sites (tertiary alicyclic amines) is 1. The van der Waals surface area contributed by atoms with E-state index >= 15 is 0 Å². The number of halogens is 1. The van der Waals surface area contributed by atoms with Gasteiger partial charge >= 0.3 is 0 Å². The van der Waals surface area contributed by atoms with E-state index in [1.807, 2.05) is 18.2 Å². The quantitative estimate of drug-likeness (QED) is 0.838. The van der Waals surface area contributed by atoms with Crippen molar-refractivity contribution in [1.82, 2.24) is 9.80 Å². The summed E-state index contributed by atoms with van der Waals surface area (Å²) < 4.78 is 0. The molecule has 132 valence electrons. The second-order valence-electron chi connectivity index (χ2n) is 7.06. The summed E-state index contributed by atoms with van der Waals surface area (Å²) in [6.45, 7) is 8.89. The number of nitrogens with zero attached hydrogens (tertiary/aromatic N) is 3. The van der Waals surface area contributed by atoms with Crippen LogP contribution in [0.4, 0.5) is 5.69 Å².